The van der Waals surface area contributed by atoms with Crippen LogP contribution in [0.25, 0.3) is 0 Å². The van der Waals surface area contributed by atoms with E-state index in [2.05, 4.69) is 30.4 Å². The Labute approximate surface area is 178 Å². The number of amides is 2. The Balaban J connectivity index is 1.39. The van der Waals surface area contributed by atoms with Gasteiger partial charge in [-0.05, 0) is 62.4 Å². The Morgan fingerprint density at radius 3 is 2.37 bits per heavy atom. The molecule has 2 fully saturated rings. The van der Waals surface area contributed by atoms with Gasteiger partial charge in [0.2, 0.25) is 5.91 Å². The molecule has 1 N–H and O–H groups in total. The fourth-order valence-electron chi connectivity index (χ4n) is 4.66. The van der Waals surface area contributed by atoms with Crippen molar-refractivity contribution in [2.45, 2.75) is 50.9 Å². The van der Waals surface area contributed by atoms with E-state index in [0.717, 1.165) is 62.9 Å². The van der Waals surface area contributed by atoms with Crippen molar-refractivity contribution in [1.82, 2.24) is 4.90 Å². The number of benzene rings is 2. The summed E-state index contributed by atoms with van der Waals surface area (Å²) < 4.78 is 5.64. The van der Waals surface area contributed by atoms with E-state index in [9.17, 15) is 9.59 Å². The minimum atomic E-state index is -0.455. The summed E-state index contributed by atoms with van der Waals surface area (Å²) in [6, 6.07) is 15.6. The minimum absolute atomic E-state index is 0.0335. The van der Waals surface area contributed by atoms with E-state index in [1.807, 2.05) is 23.1 Å². The van der Waals surface area contributed by atoms with Gasteiger partial charge < -0.3 is 15.0 Å². The van der Waals surface area contributed by atoms with Gasteiger partial charge in [-0.1, -0.05) is 42.7 Å². The third-order valence-corrected chi connectivity index (χ3v) is 6.40. The lowest BCUT2D eigenvalue weighted by atomic mass is 9.77. The molecule has 1 heterocycles. The highest BCUT2D eigenvalue weighted by molar-refractivity contribution is 5.99. The molecule has 0 radical (unpaired) electrons. The van der Waals surface area contributed by atoms with Crippen LogP contribution in [0.5, 0.6) is 5.75 Å². The maximum absolute atomic E-state index is 13.3. The zero-order valence-electron chi connectivity index (χ0n) is 17.7. The molecule has 1 aliphatic heterocycles. The van der Waals surface area contributed by atoms with Gasteiger partial charge in [-0.25, -0.2) is 0 Å². The second-order valence-corrected chi connectivity index (χ2v) is 8.51. The molecule has 2 aromatic carbocycles. The summed E-state index contributed by atoms with van der Waals surface area (Å²) in [5.41, 5.74) is 2.58. The number of hydrogen-bond acceptors (Lipinski definition) is 3. The first-order chi connectivity index (χ1) is 14.6. The lowest BCUT2D eigenvalue weighted by Crippen LogP contribution is -2.38. The van der Waals surface area contributed by atoms with Crippen LogP contribution in [-0.4, -0.2) is 36.4 Å². The monoisotopic (exact) mass is 406 g/mol. The Bertz CT molecular complexity index is 895. The van der Waals surface area contributed by atoms with Crippen LogP contribution in [0.4, 0.5) is 5.69 Å². The van der Waals surface area contributed by atoms with Gasteiger partial charge >= 0.3 is 0 Å². The number of likely N-dealkylation sites (tertiary alicyclic amines) is 1. The Morgan fingerprint density at radius 2 is 1.70 bits per heavy atom. The number of anilines is 1. The zero-order valence-corrected chi connectivity index (χ0v) is 17.7. The fraction of sp³-hybridized carbons (Fsp3) is 0.440. The highest BCUT2D eigenvalue weighted by Gasteiger charge is 2.42. The van der Waals surface area contributed by atoms with Crippen molar-refractivity contribution in [3.63, 3.8) is 0 Å². The number of ether oxygens (including phenoxy) is 1. The van der Waals surface area contributed by atoms with Crippen LogP contribution in [-0.2, 0) is 15.0 Å². The molecule has 4 rings (SSSR count). The molecule has 5 nitrogen and oxygen atoms in total. The summed E-state index contributed by atoms with van der Waals surface area (Å²) in [5, 5.41) is 3.11. The predicted octanol–water partition coefficient (Wildman–Crippen LogP) is 4.45. The molecule has 1 saturated heterocycles. The largest absolute Gasteiger partial charge is 0.484 e. The quantitative estimate of drug-likeness (QED) is 0.771. The first-order valence-electron chi connectivity index (χ1n) is 11.0. The van der Waals surface area contributed by atoms with E-state index in [1.54, 1.807) is 12.1 Å². The molecule has 5 heteroatoms. The molecular weight excluding hydrogens is 376 g/mol. The summed E-state index contributed by atoms with van der Waals surface area (Å²) in [5.74, 6) is 0.726. The highest BCUT2D eigenvalue weighted by Crippen LogP contribution is 2.42. The van der Waals surface area contributed by atoms with Gasteiger partial charge in [0.25, 0.3) is 5.91 Å². The number of carbonyl (C=O) groups excluding carboxylic acids is 2. The van der Waals surface area contributed by atoms with E-state index in [1.165, 1.54) is 5.56 Å². The maximum atomic E-state index is 13.3. The van der Waals surface area contributed by atoms with Crippen LogP contribution >= 0.6 is 0 Å². The van der Waals surface area contributed by atoms with Gasteiger partial charge in [0.15, 0.2) is 6.61 Å². The maximum Gasteiger partial charge on any atom is 0.260 e. The first-order valence-corrected chi connectivity index (χ1v) is 11.0. The molecule has 158 valence electrons. The summed E-state index contributed by atoms with van der Waals surface area (Å²) in [7, 11) is 0. The van der Waals surface area contributed by atoms with Crippen molar-refractivity contribution in [2.75, 3.05) is 25.0 Å². The van der Waals surface area contributed by atoms with Crippen molar-refractivity contribution in [3.05, 3.63) is 59.7 Å². The summed E-state index contributed by atoms with van der Waals surface area (Å²) in [6.07, 6.45) is 6.04. The number of carbonyl (C=O) groups is 2. The van der Waals surface area contributed by atoms with Gasteiger partial charge in [-0.3, -0.25) is 9.59 Å². The van der Waals surface area contributed by atoms with Crippen LogP contribution in [0.2, 0.25) is 0 Å². The van der Waals surface area contributed by atoms with Crippen molar-refractivity contribution >= 4 is 17.5 Å². The predicted molar refractivity (Wildman–Crippen MR) is 118 cm³/mol. The zero-order chi connectivity index (χ0) is 21.0. The molecule has 0 spiro atoms. The van der Waals surface area contributed by atoms with Crippen LogP contribution in [0, 0.1) is 6.92 Å². The smallest absolute Gasteiger partial charge is 0.260 e. The lowest BCUT2D eigenvalue weighted by molar-refractivity contribution is -0.132. The molecule has 2 aliphatic rings. The highest BCUT2D eigenvalue weighted by atomic mass is 16.5. The topological polar surface area (TPSA) is 58.6 Å². The van der Waals surface area contributed by atoms with Gasteiger partial charge in [-0.15, -0.1) is 0 Å². The van der Waals surface area contributed by atoms with Crippen LogP contribution < -0.4 is 10.1 Å². The molecule has 0 atom stereocenters. The van der Waals surface area contributed by atoms with E-state index in [-0.39, 0.29) is 18.4 Å². The van der Waals surface area contributed by atoms with Crippen LogP contribution in [0.1, 0.15) is 49.7 Å². The van der Waals surface area contributed by atoms with Gasteiger partial charge in [0.1, 0.15) is 5.75 Å². The number of nitrogens with one attached hydrogen (secondary N) is 1. The van der Waals surface area contributed by atoms with Crippen molar-refractivity contribution < 1.29 is 14.3 Å². The molecule has 0 aromatic heterocycles. The van der Waals surface area contributed by atoms with Gasteiger partial charge in [-0.2, -0.15) is 0 Å². The van der Waals surface area contributed by atoms with Crippen molar-refractivity contribution in [1.29, 1.82) is 0 Å². The van der Waals surface area contributed by atoms with Crippen LogP contribution in [0.15, 0.2) is 48.5 Å². The first kappa shape index (κ1) is 20.5. The Kier molecular flexibility index (Phi) is 6.07. The molecule has 2 aromatic rings. The molecule has 1 aliphatic carbocycles. The SMILES string of the molecule is Cc1cccc(C2(C(=O)Nc3ccc(OCC(=O)N4CCCC4)cc3)CCCC2)c1. The average molecular weight is 407 g/mol. The average Bonchev–Trinajstić information content (AvgIpc) is 3.46. The number of nitrogens with zero attached hydrogens (tertiary/aromatic N) is 1. The van der Waals surface area contributed by atoms with E-state index in [0.29, 0.717) is 5.75 Å². The molecule has 1 saturated carbocycles. The van der Waals surface area contributed by atoms with E-state index < -0.39 is 5.41 Å². The third-order valence-electron chi connectivity index (χ3n) is 6.40. The number of rotatable bonds is 6. The second-order valence-electron chi connectivity index (χ2n) is 8.51. The number of aryl methyl sites for hydroxylation is 1. The van der Waals surface area contributed by atoms with Crippen molar-refractivity contribution in [3.8, 4) is 5.75 Å². The summed E-state index contributed by atoms with van der Waals surface area (Å²) >= 11 is 0. The van der Waals surface area contributed by atoms with E-state index in [4.69, 9.17) is 4.74 Å². The Hall–Kier alpha value is -2.82. The molecule has 2 amide bonds. The Morgan fingerprint density at radius 1 is 1.00 bits per heavy atom. The second kappa shape index (κ2) is 8.90. The van der Waals surface area contributed by atoms with Crippen molar-refractivity contribution in [2.24, 2.45) is 0 Å². The standard InChI is InChI=1S/C25H30N2O3/c1-19-7-6-8-20(17-19)25(13-2-3-14-25)24(29)26-21-9-11-22(12-10-21)30-18-23(28)27-15-4-5-16-27/h6-12,17H,2-5,13-16,18H2,1H3,(H,26,29). The van der Waals surface area contributed by atoms with Gasteiger partial charge in [0, 0.05) is 18.8 Å². The number of hydrogen-bond donors (Lipinski definition) is 1. The van der Waals surface area contributed by atoms with Gasteiger partial charge in [0.05, 0.1) is 5.41 Å². The summed E-state index contributed by atoms with van der Waals surface area (Å²) in [4.78, 5) is 27.3. The lowest BCUT2D eigenvalue weighted by Gasteiger charge is -2.28. The molecule has 0 bridgehead atoms. The third kappa shape index (κ3) is 4.35. The van der Waals surface area contributed by atoms with E-state index >= 15 is 0 Å². The molecule has 0 unspecified atom stereocenters. The molecular formula is C25H30N2O3. The minimum Gasteiger partial charge on any atom is -0.484 e. The van der Waals surface area contributed by atoms with Crippen LogP contribution in [0.3, 0.4) is 0 Å². The normalized spacial score (nSPS) is 17.7. The summed E-state index contributed by atoms with van der Waals surface area (Å²) in [6.45, 7) is 3.78. The molecule has 30 heavy (non-hydrogen) atoms. The fourth-order valence-corrected chi connectivity index (χ4v) is 4.66.